The average molecular weight is 279 g/mol. The van der Waals surface area contributed by atoms with Gasteiger partial charge in [-0.1, -0.05) is 6.07 Å². The van der Waals surface area contributed by atoms with Crippen LogP contribution in [0.4, 0.5) is 8.78 Å². The van der Waals surface area contributed by atoms with E-state index in [4.69, 9.17) is 0 Å². The molecule has 0 fully saturated rings. The molecule has 0 aliphatic heterocycles. The van der Waals surface area contributed by atoms with E-state index in [9.17, 15) is 18.4 Å². The van der Waals surface area contributed by atoms with Gasteiger partial charge in [0.1, 0.15) is 17.3 Å². The van der Waals surface area contributed by atoms with Gasteiger partial charge in [0.15, 0.2) is 0 Å². The number of hydrogen-bond acceptors (Lipinski definition) is 3. The number of nitrogens with zero attached hydrogens (tertiary/aromatic N) is 1. The van der Waals surface area contributed by atoms with E-state index in [0.717, 1.165) is 12.1 Å². The number of carbonyl (C=O) groups excluding carboxylic acids is 1. The molecule has 0 saturated heterocycles. The van der Waals surface area contributed by atoms with Gasteiger partial charge in [-0.3, -0.25) is 9.59 Å². The highest BCUT2D eigenvalue weighted by Crippen LogP contribution is 2.09. The molecular weight excluding hydrogens is 268 g/mol. The first kappa shape index (κ1) is 13.9. The minimum atomic E-state index is -0.651. The Morgan fingerprint density at radius 1 is 1.25 bits per heavy atom. The van der Waals surface area contributed by atoms with Crippen LogP contribution < -0.4 is 10.9 Å². The second-order valence-corrected chi connectivity index (χ2v) is 4.05. The van der Waals surface area contributed by atoms with Crippen LogP contribution in [0.1, 0.15) is 16.1 Å². The van der Waals surface area contributed by atoms with Crippen LogP contribution in [0.25, 0.3) is 0 Å². The van der Waals surface area contributed by atoms with E-state index in [-0.39, 0.29) is 18.7 Å². The molecule has 1 aromatic carbocycles. The lowest BCUT2D eigenvalue weighted by Crippen LogP contribution is -2.27. The van der Waals surface area contributed by atoms with Gasteiger partial charge >= 0.3 is 0 Å². The number of benzene rings is 1. The van der Waals surface area contributed by atoms with Crippen LogP contribution >= 0.6 is 0 Å². The minimum absolute atomic E-state index is 0.0594. The van der Waals surface area contributed by atoms with Crippen molar-refractivity contribution in [3.63, 3.8) is 0 Å². The maximum absolute atomic E-state index is 13.3. The average Bonchev–Trinajstić information content (AvgIpc) is 2.42. The van der Waals surface area contributed by atoms with Gasteiger partial charge in [-0.05, 0) is 24.1 Å². The lowest BCUT2D eigenvalue weighted by molar-refractivity contribution is 0.0948. The first-order valence-electron chi connectivity index (χ1n) is 5.84. The zero-order chi connectivity index (χ0) is 14.5. The number of halogens is 2. The third kappa shape index (κ3) is 3.47. The van der Waals surface area contributed by atoms with E-state index < -0.39 is 23.1 Å². The summed E-state index contributed by atoms with van der Waals surface area (Å²) in [5, 5.41) is 8.22. The number of hydrogen-bond donors (Lipinski definition) is 2. The third-order valence-corrected chi connectivity index (χ3v) is 2.61. The topological polar surface area (TPSA) is 74.8 Å². The largest absolute Gasteiger partial charge is 0.350 e. The van der Waals surface area contributed by atoms with Crippen molar-refractivity contribution < 1.29 is 13.6 Å². The number of carbonyl (C=O) groups is 1. The lowest BCUT2D eigenvalue weighted by Gasteiger charge is -2.05. The monoisotopic (exact) mass is 279 g/mol. The fourth-order valence-corrected chi connectivity index (χ4v) is 1.60. The Kier molecular flexibility index (Phi) is 4.19. The Balaban J connectivity index is 1.91. The molecule has 20 heavy (non-hydrogen) atoms. The van der Waals surface area contributed by atoms with Crippen molar-refractivity contribution in [2.24, 2.45) is 0 Å². The van der Waals surface area contributed by atoms with Gasteiger partial charge in [-0.25, -0.2) is 13.9 Å². The van der Waals surface area contributed by atoms with Crippen LogP contribution in [0, 0.1) is 11.6 Å². The number of aromatic amines is 1. The predicted molar refractivity (Wildman–Crippen MR) is 67.3 cm³/mol. The van der Waals surface area contributed by atoms with Crippen molar-refractivity contribution in [3.8, 4) is 0 Å². The lowest BCUT2D eigenvalue weighted by atomic mass is 10.1. The predicted octanol–water partition coefficient (Wildman–Crippen LogP) is 1.02. The number of rotatable bonds is 4. The Hall–Kier alpha value is -2.57. The van der Waals surface area contributed by atoms with E-state index >= 15 is 0 Å². The molecular formula is C13H11F2N3O2. The molecule has 0 atom stereocenters. The normalized spacial score (nSPS) is 10.3. The van der Waals surface area contributed by atoms with Crippen molar-refractivity contribution >= 4 is 5.91 Å². The maximum Gasteiger partial charge on any atom is 0.271 e. The van der Waals surface area contributed by atoms with E-state index in [1.807, 2.05) is 0 Å². The summed E-state index contributed by atoms with van der Waals surface area (Å²) in [6.45, 7) is 0.169. The third-order valence-electron chi connectivity index (χ3n) is 2.61. The summed E-state index contributed by atoms with van der Waals surface area (Å²) < 4.78 is 26.0. The van der Waals surface area contributed by atoms with Crippen molar-refractivity contribution in [1.29, 1.82) is 0 Å². The summed E-state index contributed by atoms with van der Waals surface area (Å²) in [4.78, 5) is 22.4. The zero-order valence-electron chi connectivity index (χ0n) is 10.3. The molecule has 0 aliphatic rings. The first-order valence-corrected chi connectivity index (χ1v) is 5.84. The molecule has 104 valence electrons. The summed E-state index contributed by atoms with van der Waals surface area (Å²) in [5.41, 5.74) is -0.0414. The number of H-pyrrole nitrogens is 1. The molecule has 2 N–H and O–H groups in total. The fourth-order valence-electron chi connectivity index (χ4n) is 1.60. The van der Waals surface area contributed by atoms with Gasteiger partial charge in [0.05, 0.1) is 0 Å². The van der Waals surface area contributed by atoms with Crippen molar-refractivity contribution in [2.45, 2.75) is 6.42 Å². The molecule has 7 heteroatoms. The quantitative estimate of drug-likeness (QED) is 0.877. The highest BCUT2D eigenvalue weighted by atomic mass is 19.1. The first-order chi connectivity index (χ1) is 9.56. The second kappa shape index (κ2) is 6.05. The van der Waals surface area contributed by atoms with E-state index in [0.29, 0.717) is 5.56 Å². The highest BCUT2D eigenvalue weighted by molar-refractivity contribution is 5.91. The van der Waals surface area contributed by atoms with Crippen molar-refractivity contribution in [1.82, 2.24) is 15.5 Å². The zero-order valence-corrected chi connectivity index (χ0v) is 10.3. The fraction of sp³-hybridized carbons (Fsp3) is 0.154. The molecule has 1 aromatic heterocycles. The van der Waals surface area contributed by atoms with Crippen LogP contribution in [0.2, 0.25) is 0 Å². The molecule has 2 rings (SSSR count). The van der Waals surface area contributed by atoms with E-state index in [2.05, 4.69) is 15.5 Å². The minimum Gasteiger partial charge on any atom is -0.350 e. The summed E-state index contributed by atoms with van der Waals surface area (Å²) in [6, 6.07) is 5.74. The van der Waals surface area contributed by atoms with Crippen LogP contribution in [-0.2, 0) is 6.42 Å². The molecule has 1 heterocycles. The van der Waals surface area contributed by atoms with E-state index in [1.165, 1.54) is 18.2 Å². The summed E-state index contributed by atoms with van der Waals surface area (Å²) in [5.74, 6) is -1.78. The van der Waals surface area contributed by atoms with Gasteiger partial charge in [-0.2, -0.15) is 5.10 Å². The molecule has 2 aromatic rings. The van der Waals surface area contributed by atoms with Gasteiger partial charge in [-0.15, -0.1) is 0 Å². The molecule has 0 aliphatic carbocycles. The smallest absolute Gasteiger partial charge is 0.271 e. The van der Waals surface area contributed by atoms with Crippen LogP contribution in [0.15, 0.2) is 35.1 Å². The summed E-state index contributed by atoms with van der Waals surface area (Å²) >= 11 is 0. The molecule has 0 radical (unpaired) electrons. The Labute approximate surface area is 112 Å². The van der Waals surface area contributed by atoms with Crippen LogP contribution in [-0.4, -0.2) is 22.6 Å². The van der Waals surface area contributed by atoms with Crippen LogP contribution in [0.5, 0.6) is 0 Å². The SMILES string of the molecule is O=C(NCCc1ccc(F)cc1F)c1ccc(=O)[nH]n1. The maximum atomic E-state index is 13.3. The van der Waals surface area contributed by atoms with Crippen molar-refractivity contribution in [3.05, 3.63) is 63.6 Å². The van der Waals surface area contributed by atoms with Crippen LogP contribution in [0.3, 0.4) is 0 Å². The van der Waals surface area contributed by atoms with Gasteiger partial charge < -0.3 is 5.32 Å². The van der Waals surface area contributed by atoms with Gasteiger partial charge in [0, 0.05) is 18.7 Å². The molecule has 0 saturated carbocycles. The Morgan fingerprint density at radius 2 is 2.05 bits per heavy atom. The van der Waals surface area contributed by atoms with Gasteiger partial charge in [0.2, 0.25) is 0 Å². The summed E-state index contributed by atoms with van der Waals surface area (Å²) in [6.07, 6.45) is 0.223. The molecule has 1 amide bonds. The van der Waals surface area contributed by atoms with Crippen molar-refractivity contribution in [2.75, 3.05) is 6.54 Å². The standard InChI is InChI=1S/C13H11F2N3O2/c14-9-2-1-8(10(15)7-9)5-6-16-13(20)11-3-4-12(19)18-17-11/h1-4,7H,5-6H2,(H,16,20)(H,18,19). The number of aromatic nitrogens is 2. The summed E-state index contributed by atoms with van der Waals surface area (Å²) in [7, 11) is 0. The molecule has 0 spiro atoms. The highest BCUT2D eigenvalue weighted by Gasteiger charge is 2.08. The molecule has 0 unspecified atom stereocenters. The Bertz CT molecular complexity index is 665. The second-order valence-electron chi connectivity index (χ2n) is 4.05. The number of amides is 1. The molecule has 0 bridgehead atoms. The molecule has 5 nitrogen and oxygen atoms in total. The number of nitrogens with one attached hydrogen (secondary N) is 2. The van der Waals surface area contributed by atoms with Gasteiger partial charge in [0.25, 0.3) is 11.5 Å². The van der Waals surface area contributed by atoms with E-state index in [1.54, 1.807) is 0 Å². The Morgan fingerprint density at radius 3 is 2.70 bits per heavy atom.